The molecule has 0 radical (unpaired) electrons. The average Bonchev–Trinajstić information content (AvgIpc) is 2.52. The summed E-state index contributed by atoms with van der Waals surface area (Å²) in [7, 11) is 0. The van der Waals surface area contributed by atoms with Crippen LogP contribution in [-0.2, 0) is 16.1 Å². The van der Waals surface area contributed by atoms with E-state index in [1.807, 2.05) is 0 Å². The van der Waals surface area contributed by atoms with E-state index in [2.05, 4.69) is 5.32 Å². The number of benzene rings is 2. The number of hydrogen-bond acceptors (Lipinski definition) is 3. The van der Waals surface area contributed by atoms with E-state index in [1.54, 1.807) is 36.4 Å². The lowest BCUT2D eigenvalue weighted by atomic mass is 10.2. The molecular formula is C16H12Cl3NO3. The Balaban J connectivity index is 1.83. The fraction of sp³-hybridized carbons (Fsp3) is 0.125. The Kier molecular flexibility index (Phi) is 6.28. The molecule has 0 aromatic heterocycles. The van der Waals surface area contributed by atoms with Gasteiger partial charge in [-0.3, -0.25) is 4.79 Å². The van der Waals surface area contributed by atoms with Gasteiger partial charge in [0.15, 0.2) is 6.61 Å². The second kappa shape index (κ2) is 8.20. The van der Waals surface area contributed by atoms with Crippen LogP contribution in [0.4, 0.5) is 0 Å². The van der Waals surface area contributed by atoms with Gasteiger partial charge in [0, 0.05) is 16.6 Å². The quantitative estimate of drug-likeness (QED) is 0.803. The minimum atomic E-state index is -0.657. The van der Waals surface area contributed by atoms with Gasteiger partial charge in [-0.15, -0.1) is 0 Å². The van der Waals surface area contributed by atoms with Crippen LogP contribution in [0.5, 0.6) is 0 Å². The molecule has 0 aliphatic carbocycles. The van der Waals surface area contributed by atoms with Crippen molar-refractivity contribution in [2.24, 2.45) is 0 Å². The molecule has 0 aliphatic heterocycles. The van der Waals surface area contributed by atoms with Crippen molar-refractivity contribution in [1.82, 2.24) is 5.32 Å². The number of ether oxygens (including phenoxy) is 1. The van der Waals surface area contributed by atoms with Crippen molar-refractivity contribution in [1.29, 1.82) is 0 Å². The molecule has 0 unspecified atom stereocenters. The summed E-state index contributed by atoms with van der Waals surface area (Å²) >= 11 is 17.7. The maximum Gasteiger partial charge on any atom is 0.340 e. The molecular weight excluding hydrogens is 361 g/mol. The summed E-state index contributed by atoms with van der Waals surface area (Å²) in [5.41, 5.74) is 0.921. The van der Waals surface area contributed by atoms with Gasteiger partial charge in [0.1, 0.15) is 0 Å². The molecule has 0 bridgehead atoms. The summed E-state index contributed by atoms with van der Waals surface area (Å²) in [5.74, 6) is -1.10. The largest absolute Gasteiger partial charge is 0.452 e. The Hall–Kier alpha value is -1.75. The normalized spacial score (nSPS) is 10.2. The van der Waals surface area contributed by atoms with Crippen molar-refractivity contribution >= 4 is 46.7 Å². The zero-order chi connectivity index (χ0) is 16.8. The maximum absolute atomic E-state index is 11.8. The third-order valence-corrected chi connectivity index (χ3v) is 3.84. The monoisotopic (exact) mass is 371 g/mol. The summed E-state index contributed by atoms with van der Waals surface area (Å²) in [5, 5.41) is 3.84. The topological polar surface area (TPSA) is 55.4 Å². The van der Waals surface area contributed by atoms with Crippen LogP contribution >= 0.6 is 34.8 Å². The SMILES string of the molecule is O=C(COC(=O)c1ccccc1Cl)NCc1ccc(Cl)cc1Cl. The molecule has 2 aromatic rings. The lowest BCUT2D eigenvalue weighted by Gasteiger charge is -2.08. The minimum absolute atomic E-state index is 0.207. The molecule has 2 rings (SSSR count). The van der Waals surface area contributed by atoms with Crippen LogP contribution in [0.3, 0.4) is 0 Å². The van der Waals surface area contributed by atoms with Crippen LogP contribution < -0.4 is 5.32 Å². The van der Waals surface area contributed by atoms with Crippen molar-refractivity contribution < 1.29 is 14.3 Å². The van der Waals surface area contributed by atoms with Gasteiger partial charge in [-0.2, -0.15) is 0 Å². The first-order valence-electron chi connectivity index (χ1n) is 6.59. The van der Waals surface area contributed by atoms with E-state index < -0.39 is 18.5 Å². The number of nitrogens with one attached hydrogen (secondary N) is 1. The van der Waals surface area contributed by atoms with E-state index in [-0.39, 0.29) is 17.1 Å². The van der Waals surface area contributed by atoms with Crippen LogP contribution in [-0.4, -0.2) is 18.5 Å². The highest BCUT2D eigenvalue weighted by Crippen LogP contribution is 2.20. The summed E-state index contributed by atoms with van der Waals surface area (Å²) < 4.78 is 4.92. The van der Waals surface area contributed by atoms with E-state index in [4.69, 9.17) is 39.5 Å². The summed E-state index contributed by atoms with van der Waals surface area (Å²) in [4.78, 5) is 23.5. The van der Waals surface area contributed by atoms with Crippen molar-refractivity contribution in [3.05, 3.63) is 68.7 Å². The van der Waals surface area contributed by atoms with E-state index in [1.165, 1.54) is 6.07 Å². The lowest BCUT2D eigenvalue weighted by Crippen LogP contribution is -2.28. The third kappa shape index (κ3) is 5.13. The average molecular weight is 373 g/mol. The molecule has 4 nitrogen and oxygen atoms in total. The Morgan fingerprint density at radius 3 is 2.43 bits per heavy atom. The summed E-state index contributed by atoms with van der Waals surface area (Å²) in [6, 6.07) is 11.4. The highest BCUT2D eigenvalue weighted by atomic mass is 35.5. The molecule has 2 aromatic carbocycles. The van der Waals surface area contributed by atoms with Gasteiger partial charge in [0.25, 0.3) is 5.91 Å². The number of carbonyl (C=O) groups is 2. The molecule has 0 saturated carbocycles. The van der Waals surface area contributed by atoms with E-state index in [9.17, 15) is 9.59 Å². The zero-order valence-electron chi connectivity index (χ0n) is 11.8. The predicted molar refractivity (Wildman–Crippen MR) is 90.0 cm³/mol. The van der Waals surface area contributed by atoms with Gasteiger partial charge in [0.05, 0.1) is 10.6 Å². The Bertz CT molecular complexity index is 734. The van der Waals surface area contributed by atoms with Crippen LogP contribution in [0.1, 0.15) is 15.9 Å². The first-order chi connectivity index (χ1) is 11.0. The molecule has 7 heteroatoms. The first-order valence-corrected chi connectivity index (χ1v) is 7.73. The van der Waals surface area contributed by atoms with Crippen LogP contribution in [0, 0.1) is 0 Å². The second-order valence-electron chi connectivity index (χ2n) is 4.57. The Morgan fingerprint density at radius 2 is 1.74 bits per heavy atom. The molecule has 0 spiro atoms. The van der Waals surface area contributed by atoms with Crippen LogP contribution in [0.25, 0.3) is 0 Å². The molecule has 0 heterocycles. The van der Waals surface area contributed by atoms with Gasteiger partial charge in [0.2, 0.25) is 0 Å². The van der Waals surface area contributed by atoms with Crippen LogP contribution in [0.2, 0.25) is 15.1 Å². The molecule has 120 valence electrons. The Morgan fingerprint density at radius 1 is 1.00 bits per heavy atom. The molecule has 23 heavy (non-hydrogen) atoms. The highest BCUT2D eigenvalue weighted by molar-refractivity contribution is 6.35. The molecule has 0 saturated heterocycles. The maximum atomic E-state index is 11.8. The smallest absolute Gasteiger partial charge is 0.340 e. The second-order valence-corrected chi connectivity index (χ2v) is 5.82. The van der Waals surface area contributed by atoms with Crippen molar-refractivity contribution in [3.63, 3.8) is 0 Å². The molecule has 0 fully saturated rings. The fourth-order valence-corrected chi connectivity index (χ4v) is 2.43. The number of rotatable bonds is 5. The minimum Gasteiger partial charge on any atom is -0.452 e. The van der Waals surface area contributed by atoms with Crippen molar-refractivity contribution in [2.75, 3.05) is 6.61 Å². The number of halogens is 3. The first kappa shape index (κ1) is 17.6. The number of hydrogen-bond donors (Lipinski definition) is 1. The van der Waals surface area contributed by atoms with Gasteiger partial charge in [-0.05, 0) is 29.8 Å². The predicted octanol–water partition coefficient (Wildman–Crippen LogP) is 4.12. The van der Waals surface area contributed by atoms with Gasteiger partial charge < -0.3 is 10.1 Å². The highest BCUT2D eigenvalue weighted by Gasteiger charge is 2.13. The third-order valence-electron chi connectivity index (χ3n) is 2.92. The number of esters is 1. The van der Waals surface area contributed by atoms with E-state index in [0.29, 0.717) is 15.6 Å². The van der Waals surface area contributed by atoms with Gasteiger partial charge >= 0.3 is 5.97 Å². The number of amides is 1. The molecule has 0 aliphatic rings. The summed E-state index contributed by atoms with van der Waals surface area (Å²) in [6.45, 7) is -0.201. The van der Waals surface area contributed by atoms with Crippen molar-refractivity contribution in [2.45, 2.75) is 6.54 Å². The molecule has 1 N–H and O–H groups in total. The molecule has 1 amide bonds. The van der Waals surface area contributed by atoms with E-state index in [0.717, 1.165) is 0 Å². The standard InChI is InChI=1S/C16H12Cl3NO3/c17-11-6-5-10(14(19)7-11)8-20-15(21)9-23-16(22)12-3-1-2-4-13(12)18/h1-7H,8-9H2,(H,20,21). The van der Waals surface area contributed by atoms with Crippen LogP contribution in [0.15, 0.2) is 42.5 Å². The molecule has 0 atom stereocenters. The van der Waals surface area contributed by atoms with E-state index >= 15 is 0 Å². The number of carbonyl (C=O) groups excluding carboxylic acids is 2. The zero-order valence-corrected chi connectivity index (χ0v) is 14.1. The fourth-order valence-electron chi connectivity index (χ4n) is 1.75. The van der Waals surface area contributed by atoms with Crippen molar-refractivity contribution in [3.8, 4) is 0 Å². The van der Waals surface area contributed by atoms with Gasteiger partial charge in [-0.25, -0.2) is 4.79 Å². The Labute approximate surface area is 148 Å². The summed E-state index contributed by atoms with van der Waals surface area (Å²) in [6.07, 6.45) is 0. The van der Waals surface area contributed by atoms with Gasteiger partial charge in [-0.1, -0.05) is 53.0 Å². The lowest BCUT2D eigenvalue weighted by molar-refractivity contribution is -0.124.